The molecule has 0 aliphatic rings. The van der Waals surface area contributed by atoms with Gasteiger partial charge in [0.2, 0.25) is 11.8 Å². The van der Waals surface area contributed by atoms with Crippen molar-refractivity contribution in [1.29, 1.82) is 0 Å². The molecule has 13 heteroatoms. The van der Waals surface area contributed by atoms with Gasteiger partial charge in [-0.15, -0.1) is 0 Å². The van der Waals surface area contributed by atoms with Gasteiger partial charge in [-0.2, -0.15) is 0 Å². The van der Waals surface area contributed by atoms with Crippen LogP contribution in [0.4, 0.5) is 5.69 Å². The van der Waals surface area contributed by atoms with Crippen molar-refractivity contribution in [3.05, 3.63) is 71.2 Å². The van der Waals surface area contributed by atoms with Crippen LogP contribution >= 0.6 is 11.6 Å². The number of rotatable bonds is 14. The van der Waals surface area contributed by atoms with E-state index in [9.17, 15) is 18.0 Å². The van der Waals surface area contributed by atoms with Gasteiger partial charge < -0.3 is 29.2 Å². The van der Waals surface area contributed by atoms with E-state index in [4.69, 9.17) is 30.5 Å². The third kappa shape index (κ3) is 8.06. The molecule has 0 aromatic heterocycles. The van der Waals surface area contributed by atoms with Crippen LogP contribution in [0.2, 0.25) is 5.02 Å². The molecule has 0 aliphatic carbocycles. The molecule has 44 heavy (non-hydrogen) atoms. The van der Waals surface area contributed by atoms with Gasteiger partial charge in [-0.05, 0) is 62.7 Å². The Balaban J connectivity index is 2.18. The van der Waals surface area contributed by atoms with Gasteiger partial charge >= 0.3 is 0 Å². The minimum absolute atomic E-state index is 0.00837. The number of nitrogens with zero attached hydrogens (tertiary/aromatic N) is 2. The number of anilines is 1. The number of methoxy groups -OCH3 is 4. The molecule has 11 nitrogen and oxygen atoms in total. The normalized spacial score (nSPS) is 11.8. The summed E-state index contributed by atoms with van der Waals surface area (Å²) in [6.45, 7) is 4.51. The van der Waals surface area contributed by atoms with Gasteiger partial charge in [-0.1, -0.05) is 23.7 Å². The highest BCUT2D eigenvalue weighted by Crippen LogP contribution is 2.37. The molecule has 0 radical (unpaired) electrons. The van der Waals surface area contributed by atoms with E-state index in [-0.39, 0.29) is 34.7 Å². The third-order valence-corrected chi connectivity index (χ3v) is 8.71. The predicted octanol–water partition coefficient (Wildman–Crippen LogP) is 4.51. The average Bonchev–Trinajstić information content (AvgIpc) is 3.00. The minimum atomic E-state index is -4.45. The number of carbonyl (C=O) groups excluding carboxylic acids is 2. The third-order valence-electron chi connectivity index (χ3n) is 6.72. The molecule has 0 fully saturated rings. The van der Waals surface area contributed by atoms with E-state index in [1.807, 2.05) is 0 Å². The quantitative estimate of drug-likeness (QED) is 0.271. The van der Waals surface area contributed by atoms with Crippen molar-refractivity contribution in [1.82, 2.24) is 10.2 Å². The molecule has 3 rings (SSSR count). The number of hydrogen-bond donors (Lipinski definition) is 1. The molecule has 0 saturated carbocycles. The molecule has 238 valence electrons. The van der Waals surface area contributed by atoms with Gasteiger partial charge in [0.1, 0.15) is 24.1 Å². The first kappa shape index (κ1) is 34.3. The molecule has 0 bridgehead atoms. The number of nitrogens with one attached hydrogen (secondary N) is 1. The molecule has 3 aromatic rings. The standard InChI is InChI=1S/C31H38ClN3O8S/c1-20(2)33-31(37)21(3)34(18-22-9-8-10-23(32)15-22)30(36)19-35(26-16-24(40-4)11-13-27(26)41-5)44(38,39)25-12-14-28(42-6)29(17-25)43-7/h8-17,20-21H,18-19H2,1-7H3,(H,33,37)/t21-/m1/s1. The van der Waals surface area contributed by atoms with E-state index < -0.39 is 34.4 Å². The number of amides is 2. The van der Waals surface area contributed by atoms with Crippen LogP contribution in [-0.4, -0.2) is 72.2 Å². The SMILES string of the molecule is COc1ccc(OC)c(N(CC(=O)N(Cc2cccc(Cl)c2)[C@H](C)C(=O)NC(C)C)S(=O)(=O)c2ccc(OC)c(OC)c2)c1. The zero-order valence-electron chi connectivity index (χ0n) is 25.8. The van der Waals surface area contributed by atoms with Gasteiger partial charge in [0.15, 0.2) is 11.5 Å². The Hall–Kier alpha value is -4.16. The Morgan fingerprint density at radius 1 is 0.841 bits per heavy atom. The lowest BCUT2D eigenvalue weighted by molar-refractivity contribution is -0.139. The fourth-order valence-corrected chi connectivity index (χ4v) is 6.07. The maximum absolute atomic E-state index is 14.3. The lowest BCUT2D eigenvalue weighted by Crippen LogP contribution is -2.52. The predicted molar refractivity (Wildman–Crippen MR) is 168 cm³/mol. The lowest BCUT2D eigenvalue weighted by atomic mass is 10.1. The molecule has 1 N–H and O–H groups in total. The zero-order chi connectivity index (χ0) is 32.6. The van der Waals surface area contributed by atoms with E-state index in [1.54, 1.807) is 51.1 Å². The molecule has 0 saturated heterocycles. The van der Waals surface area contributed by atoms with Crippen molar-refractivity contribution in [2.75, 3.05) is 39.3 Å². The fourth-order valence-electron chi connectivity index (χ4n) is 4.43. The smallest absolute Gasteiger partial charge is 0.265 e. The summed E-state index contributed by atoms with van der Waals surface area (Å²) in [7, 11) is 1.19. The lowest BCUT2D eigenvalue weighted by Gasteiger charge is -2.32. The van der Waals surface area contributed by atoms with Crippen molar-refractivity contribution in [3.63, 3.8) is 0 Å². The number of halogens is 1. The van der Waals surface area contributed by atoms with E-state index in [1.165, 1.54) is 63.7 Å². The summed E-state index contributed by atoms with van der Waals surface area (Å²) in [5.74, 6) is -0.0328. The summed E-state index contributed by atoms with van der Waals surface area (Å²) in [6.07, 6.45) is 0. The van der Waals surface area contributed by atoms with Gasteiger partial charge in [0, 0.05) is 29.7 Å². The number of carbonyl (C=O) groups is 2. The minimum Gasteiger partial charge on any atom is -0.497 e. The Labute approximate surface area is 263 Å². The first-order valence-electron chi connectivity index (χ1n) is 13.7. The zero-order valence-corrected chi connectivity index (χ0v) is 27.4. The monoisotopic (exact) mass is 647 g/mol. The summed E-state index contributed by atoms with van der Waals surface area (Å²) < 4.78 is 51.1. The average molecular weight is 648 g/mol. The number of sulfonamides is 1. The number of ether oxygens (including phenoxy) is 4. The molecular weight excluding hydrogens is 610 g/mol. The van der Waals surface area contributed by atoms with Crippen molar-refractivity contribution < 1.29 is 37.0 Å². The molecule has 1 atom stereocenters. The Bertz CT molecular complexity index is 1580. The number of hydrogen-bond acceptors (Lipinski definition) is 8. The van der Waals surface area contributed by atoms with Crippen LogP contribution < -0.4 is 28.6 Å². The topological polar surface area (TPSA) is 124 Å². The Morgan fingerprint density at radius 2 is 1.50 bits per heavy atom. The van der Waals surface area contributed by atoms with Crippen LogP contribution in [0.3, 0.4) is 0 Å². The van der Waals surface area contributed by atoms with Crippen LogP contribution in [0.5, 0.6) is 23.0 Å². The van der Waals surface area contributed by atoms with Crippen molar-refractivity contribution >= 4 is 39.1 Å². The summed E-state index contributed by atoms with van der Waals surface area (Å²) in [4.78, 5) is 28.5. The summed E-state index contributed by atoms with van der Waals surface area (Å²) in [5, 5.41) is 3.27. The molecule has 0 heterocycles. The van der Waals surface area contributed by atoms with Crippen LogP contribution in [0.15, 0.2) is 65.6 Å². The molecule has 2 amide bonds. The fraction of sp³-hybridized carbons (Fsp3) is 0.355. The Morgan fingerprint density at radius 3 is 2.09 bits per heavy atom. The van der Waals surface area contributed by atoms with Gasteiger partial charge in [0.25, 0.3) is 10.0 Å². The Kier molecular flexibility index (Phi) is 11.7. The van der Waals surface area contributed by atoms with Crippen molar-refractivity contribution in [3.8, 4) is 23.0 Å². The second-order valence-corrected chi connectivity index (χ2v) is 12.4. The van der Waals surface area contributed by atoms with E-state index in [0.717, 1.165) is 4.31 Å². The largest absolute Gasteiger partial charge is 0.497 e. The molecule has 0 spiro atoms. The van der Waals surface area contributed by atoms with Crippen LogP contribution in [-0.2, 0) is 26.2 Å². The molecular formula is C31H38ClN3O8S. The maximum atomic E-state index is 14.3. The van der Waals surface area contributed by atoms with Gasteiger partial charge in [-0.3, -0.25) is 13.9 Å². The number of benzene rings is 3. The molecule has 3 aromatic carbocycles. The summed E-state index contributed by atoms with van der Waals surface area (Å²) >= 11 is 6.20. The van der Waals surface area contributed by atoms with Gasteiger partial charge in [0.05, 0.1) is 39.0 Å². The van der Waals surface area contributed by atoms with Crippen LogP contribution in [0, 0.1) is 0 Å². The van der Waals surface area contributed by atoms with Crippen molar-refractivity contribution in [2.24, 2.45) is 0 Å². The molecule has 0 unspecified atom stereocenters. The highest BCUT2D eigenvalue weighted by molar-refractivity contribution is 7.92. The first-order chi connectivity index (χ1) is 20.9. The second kappa shape index (κ2) is 15.0. The van der Waals surface area contributed by atoms with E-state index in [2.05, 4.69) is 5.32 Å². The maximum Gasteiger partial charge on any atom is 0.265 e. The van der Waals surface area contributed by atoms with E-state index in [0.29, 0.717) is 22.1 Å². The molecule has 0 aliphatic heterocycles. The highest BCUT2D eigenvalue weighted by Gasteiger charge is 2.34. The van der Waals surface area contributed by atoms with Crippen molar-refractivity contribution in [2.45, 2.75) is 44.3 Å². The van der Waals surface area contributed by atoms with Crippen LogP contribution in [0.1, 0.15) is 26.3 Å². The van der Waals surface area contributed by atoms with E-state index >= 15 is 0 Å². The first-order valence-corrected chi connectivity index (χ1v) is 15.5. The second-order valence-electron chi connectivity index (χ2n) is 10.1. The highest BCUT2D eigenvalue weighted by atomic mass is 35.5. The summed E-state index contributed by atoms with van der Waals surface area (Å²) in [6, 6.07) is 14.4. The summed E-state index contributed by atoms with van der Waals surface area (Å²) in [5.41, 5.74) is 0.709. The van der Waals surface area contributed by atoms with Gasteiger partial charge in [-0.25, -0.2) is 8.42 Å². The van der Waals surface area contributed by atoms with Crippen LogP contribution in [0.25, 0.3) is 0 Å².